The van der Waals surface area contributed by atoms with Gasteiger partial charge in [0.25, 0.3) is 5.91 Å². The molecule has 0 atom stereocenters. The van der Waals surface area contributed by atoms with E-state index in [9.17, 15) is 22.4 Å². The molecule has 0 spiro atoms. The van der Waals surface area contributed by atoms with Crippen LogP contribution in [0.4, 0.5) is 4.39 Å². The molecular weight excluding hydrogens is 387 g/mol. The van der Waals surface area contributed by atoms with Crippen LogP contribution in [-0.4, -0.2) is 26.9 Å². The summed E-state index contributed by atoms with van der Waals surface area (Å²) in [7, 11) is -4.03. The standard InChI is InChI=1S/C16H14ClFN2O5S/c17-13-6-5-11(26(19,23)24)7-12(13)16(22)25-9-15(21)20-8-10-3-1-2-4-14(10)18/h1-7H,8-9H2,(H,20,21)(H2,19,23,24). The number of hydrogen-bond donors (Lipinski definition) is 2. The van der Waals surface area contributed by atoms with E-state index >= 15 is 0 Å². The number of amides is 1. The second kappa shape index (κ2) is 8.26. The fraction of sp³-hybridized carbons (Fsp3) is 0.125. The van der Waals surface area contributed by atoms with Gasteiger partial charge in [0.1, 0.15) is 5.82 Å². The highest BCUT2D eigenvalue weighted by Gasteiger charge is 2.18. The summed E-state index contributed by atoms with van der Waals surface area (Å²) in [5, 5.41) is 7.32. The van der Waals surface area contributed by atoms with Gasteiger partial charge in [-0.05, 0) is 24.3 Å². The fourth-order valence-electron chi connectivity index (χ4n) is 1.93. The van der Waals surface area contributed by atoms with Gasteiger partial charge in [-0.1, -0.05) is 29.8 Å². The van der Waals surface area contributed by atoms with Gasteiger partial charge in [0, 0.05) is 12.1 Å². The zero-order chi connectivity index (χ0) is 19.3. The molecule has 0 fully saturated rings. The molecule has 0 aliphatic heterocycles. The van der Waals surface area contributed by atoms with Crippen LogP contribution in [0.25, 0.3) is 0 Å². The molecule has 7 nitrogen and oxygen atoms in total. The molecule has 0 aromatic heterocycles. The SMILES string of the molecule is NS(=O)(=O)c1ccc(Cl)c(C(=O)OCC(=O)NCc2ccccc2F)c1. The second-order valence-corrected chi connectivity index (χ2v) is 7.10. The lowest BCUT2D eigenvalue weighted by molar-refractivity contribution is -0.124. The van der Waals surface area contributed by atoms with Gasteiger partial charge in [-0.25, -0.2) is 22.7 Å². The summed E-state index contributed by atoms with van der Waals surface area (Å²) in [6.07, 6.45) is 0. The first-order valence-corrected chi connectivity index (χ1v) is 9.10. The van der Waals surface area contributed by atoms with Crippen LogP contribution < -0.4 is 10.5 Å². The van der Waals surface area contributed by atoms with Gasteiger partial charge in [0.05, 0.1) is 15.5 Å². The van der Waals surface area contributed by atoms with Crippen LogP contribution in [0.2, 0.25) is 5.02 Å². The van der Waals surface area contributed by atoms with Crippen LogP contribution >= 0.6 is 11.6 Å². The van der Waals surface area contributed by atoms with Crippen molar-refractivity contribution >= 4 is 33.5 Å². The lowest BCUT2D eigenvalue weighted by Crippen LogP contribution is -2.28. The Labute approximate surface area is 154 Å². The lowest BCUT2D eigenvalue weighted by atomic mass is 10.2. The highest BCUT2D eigenvalue weighted by molar-refractivity contribution is 7.89. The van der Waals surface area contributed by atoms with Crippen LogP contribution in [0.1, 0.15) is 15.9 Å². The number of sulfonamides is 1. The first kappa shape index (κ1) is 19.8. The largest absolute Gasteiger partial charge is 0.452 e. The van der Waals surface area contributed by atoms with E-state index in [-0.39, 0.29) is 27.6 Å². The van der Waals surface area contributed by atoms with E-state index in [0.29, 0.717) is 0 Å². The number of benzene rings is 2. The Morgan fingerprint density at radius 3 is 2.54 bits per heavy atom. The summed E-state index contributed by atoms with van der Waals surface area (Å²) in [5.74, 6) is -2.14. The number of esters is 1. The minimum absolute atomic E-state index is 0.0610. The highest BCUT2D eigenvalue weighted by atomic mass is 35.5. The molecule has 2 aromatic rings. The molecule has 0 bridgehead atoms. The van der Waals surface area contributed by atoms with Crippen LogP contribution in [0.5, 0.6) is 0 Å². The van der Waals surface area contributed by atoms with Gasteiger partial charge in [0.2, 0.25) is 10.0 Å². The van der Waals surface area contributed by atoms with Gasteiger partial charge in [0.15, 0.2) is 6.61 Å². The number of hydrogen-bond acceptors (Lipinski definition) is 5. The fourth-order valence-corrected chi connectivity index (χ4v) is 2.67. The zero-order valence-corrected chi connectivity index (χ0v) is 14.8. The molecule has 0 saturated heterocycles. The third-order valence-corrected chi connectivity index (χ3v) is 4.50. The zero-order valence-electron chi connectivity index (χ0n) is 13.2. The Bertz CT molecular complexity index is 949. The van der Waals surface area contributed by atoms with Crippen LogP contribution in [-0.2, 0) is 26.1 Å². The summed E-state index contributed by atoms with van der Waals surface area (Å²) in [6, 6.07) is 9.15. The van der Waals surface area contributed by atoms with Crippen molar-refractivity contribution in [2.45, 2.75) is 11.4 Å². The van der Waals surface area contributed by atoms with Gasteiger partial charge >= 0.3 is 5.97 Å². The molecule has 0 unspecified atom stereocenters. The van der Waals surface area contributed by atoms with E-state index in [1.54, 1.807) is 6.07 Å². The molecule has 2 aromatic carbocycles. The van der Waals surface area contributed by atoms with E-state index in [4.69, 9.17) is 21.5 Å². The van der Waals surface area contributed by atoms with Crippen LogP contribution in [0, 0.1) is 5.82 Å². The number of ether oxygens (including phenoxy) is 1. The third-order valence-electron chi connectivity index (χ3n) is 3.25. The van der Waals surface area contributed by atoms with E-state index in [0.717, 1.165) is 12.1 Å². The Kier molecular flexibility index (Phi) is 6.30. The molecule has 2 rings (SSSR count). The average molecular weight is 401 g/mol. The van der Waals surface area contributed by atoms with Gasteiger partial charge < -0.3 is 10.1 Å². The number of halogens is 2. The molecule has 0 aliphatic rings. The quantitative estimate of drug-likeness (QED) is 0.714. The van der Waals surface area contributed by atoms with Crippen LogP contribution in [0.15, 0.2) is 47.4 Å². The van der Waals surface area contributed by atoms with Crippen molar-refractivity contribution in [1.82, 2.24) is 5.32 Å². The maximum Gasteiger partial charge on any atom is 0.340 e. The van der Waals surface area contributed by atoms with E-state index < -0.39 is 34.3 Å². The molecule has 138 valence electrons. The molecule has 0 saturated carbocycles. The van der Waals surface area contributed by atoms with Crippen molar-refractivity contribution < 1.29 is 27.1 Å². The van der Waals surface area contributed by atoms with Crippen LogP contribution in [0.3, 0.4) is 0 Å². The van der Waals surface area contributed by atoms with Gasteiger partial charge in [-0.3, -0.25) is 4.79 Å². The Morgan fingerprint density at radius 2 is 1.88 bits per heavy atom. The van der Waals surface area contributed by atoms with Gasteiger partial charge in [-0.2, -0.15) is 0 Å². The Balaban J connectivity index is 1.96. The summed E-state index contributed by atoms with van der Waals surface area (Å²) < 4.78 is 40.9. The topological polar surface area (TPSA) is 116 Å². The number of rotatable bonds is 6. The number of nitrogens with two attached hydrogens (primary N) is 1. The van der Waals surface area contributed by atoms with Crippen molar-refractivity contribution in [3.05, 3.63) is 64.4 Å². The molecule has 26 heavy (non-hydrogen) atoms. The summed E-state index contributed by atoms with van der Waals surface area (Å²) >= 11 is 5.84. The Hall–Kier alpha value is -2.49. The molecular formula is C16H14ClFN2O5S. The Morgan fingerprint density at radius 1 is 1.19 bits per heavy atom. The van der Waals surface area contributed by atoms with E-state index in [2.05, 4.69) is 5.32 Å². The third kappa shape index (κ3) is 5.25. The summed E-state index contributed by atoms with van der Waals surface area (Å²) in [4.78, 5) is 23.4. The highest BCUT2D eigenvalue weighted by Crippen LogP contribution is 2.20. The molecule has 10 heteroatoms. The van der Waals surface area contributed by atoms with Crippen molar-refractivity contribution in [2.75, 3.05) is 6.61 Å². The van der Waals surface area contributed by atoms with Gasteiger partial charge in [-0.15, -0.1) is 0 Å². The van der Waals surface area contributed by atoms with Crippen molar-refractivity contribution in [3.63, 3.8) is 0 Å². The van der Waals surface area contributed by atoms with Crippen molar-refractivity contribution in [2.24, 2.45) is 5.14 Å². The molecule has 0 heterocycles. The minimum atomic E-state index is -4.03. The predicted molar refractivity (Wildman–Crippen MR) is 91.4 cm³/mol. The smallest absolute Gasteiger partial charge is 0.340 e. The average Bonchev–Trinajstić information content (AvgIpc) is 2.58. The summed E-state index contributed by atoms with van der Waals surface area (Å²) in [6.45, 7) is -0.728. The number of carbonyl (C=O) groups is 2. The molecule has 0 radical (unpaired) electrons. The van der Waals surface area contributed by atoms with E-state index in [1.807, 2.05) is 0 Å². The molecule has 0 aliphatic carbocycles. The summed E-state index contributed by atoms with van der Waals surface area (Å²) in [5.41, 5.74) is 0.0242. The maximum atomic E-state index is 13.4. The molecule has 1 amide bonds. The first-order valence-electron chi connectivity index (χ1n) is 7.18. The lowest BCUT2D eigenvalue weighted by Gasteiger charge is -2.09. The number of carbonyl (C=O) groups excluding carboxylic acids is 2. The van der Waals surface area contributed by atoms with Crippen molar-refractivity contribution in [3.8, 4) is 0 Å². The normalized spacial score (nSPS) is 11.0. The predicted octanol–water partition coefficient (Wildman–Crippen LogP) is 1.60. The number of primary sulfonamides is 1. The van der Waals surface area contributed by atoms with E-state index in [1.165, 1.54) is 24.3 Å². The second-order valence-electron chi connectivity index (χ2n) is 5.13. The monoisotopic (exact) mass is 400 g/mol. The first-order chi connectivity index (χ1) is 12.2. The maximum absolute atomic E-state index is 13.4. The number of nitrogens with one attached hydrogen (secondary N) is 1. The van der Waals surface area contributed by atoms with Crippen molar-refractivity contribution in [1.29, 1.82) is 0 Å². The minimum Gasteiger partial charge on any atom is -0.452 e. The molecule has 3 N–H and O–H groups in total.